The molecule has 1 rings (SSSR count). The Kier molecular flexibility index (Phi) is 4.43. The topological polar surface area (TPSA) is 32.7 Å². The maximum atomic E-state index is 11.2. The van der Waals surface area contributed by atoms with Crippen molar-refractivity contribution in [2.75, 3.05) is 4.67 Å². The molecule has 1 aromatic carbocycles. The van der Waals surface area contributed by atoms with Crippen molar-refractivity contribution in [3.05, 3.63) is 30.3 Å². The summed E-state index contributed by atoms with van der Waals surface area (Å²) < 4.78 is 2.00. The molecule has 16 heavy (non-hydrogen) atoms. The Balaban J connectivity index is 3.02. The predicted molar refractivity (Wildman–Crippen MR) is 71.6 cm³/mol. The molecule has 0 radical (unpaired) electrons. The maximum Gasteiger partial charge on any atom is 0.175 e. The van der Waals surface area contributed by atoms with E-state index in [-0.39, 0.29) is 5.78 Å². The summed E-state index contributed by atoms with van der Waals surface area (Å²) in [5, 5.41) is 4.41. The second kappa shape index (κ2) is 5.60. The van der Waals surface area contributed by atoms with Gasteiger partial charge in [0, 0.05) is 12.6 Å². The zero-order chi connectivity index (χ0) is 12.1. The van der Waals surface area contributed by atoms with Crippen molar-refractivity contribution in [2.45, 2.75) is 26.9 Å². The van der Waals surface area contributed by atoms with Crippen LogP contribution in [0.25, 0.3) is 0 Å². The van der Waals surface area contributed by atoms with Gasteiger partial charge < -0.3 is 0 Å². The molecule has 0 N–H and O–H groups in total. The Morgan fingerprint density at radius 1 is 1.19 bits per heavy atom. The number of carbonyl (C=O) groups excluding carboxylic acids is 1. The summed E-state index contributed by atoms with van der Waals surface area (Å²) in [5.41, 5.74) is 1.62. The highest BCUT2D eigenvalue weighted by molar-refractivity contribution is 6.60. The molecular formula is C12H18N2OSi. The first-order valence-electron chi connectivity index (χ1n) is 5.42. The Bertz CT molecular complexity index is 387. The average molecular weight is 234 g/mol. The number of nitrogens with zero attached hydrogens (tertiary/aromatic N) is 2. The van der Waals surface area contributed by atoms with E-state index in [9.17, 15) is 4.79 Å². The van der Waals surface area contributed by atoms with Crippen molar-refractivity contribution in [1.29, 1.82) is 0 Å². The Labute approximate surface area is 98.5 Å². The zero-order valence-electron chi connectivity index (χ0n) is 10.3. The van der Waals surface area contributed by atoms with Gasteiger partial charge in [0.2, 0.25) is 0 Å². The highest BCUT2D eigenvalue weighted by atomic mass is 28.3. The van der Waals surface area contributed by atoms with Gasteiger partial charge in [-0.1, -0.05) is 31.3 Å². The third kappa shape index (κ3) is 3.31. The molecule has 0 heterocycles. The molecule has 0 aliphatic heterocycles. The molecule has 0 aromatic heterocycles. The Morgan fingerprint density at radius 2 is 1.75 bits per heavy atom. The van der Waals surface area contributed by atoms with Crippen molar-refractivity contribution in [1.82, 2.24) is 0 Å². The van der Waals surface area contributed by atoms with Crippen LogP contribution in [0.5, 0.6) is 0 Å². The van der Waals surface area contributed by atoms with Crippen molar-refractivity contribution >= 4 is 26.1 Å². The molecule has 0 aliphatic carbocycles. The maximum absolute atomic E-state index is 11.2. The number of hydrogen-bond acceptors (Lipinski definition) is 3. The highest BCUT2D eigenvalue weighted by Gasteiger charge is 2.11. The van der Waals surface area contributed by atoms with E-state index in [0.717, 1.165) is 5.69 Å². The zero-order valence-corrected chi connectivity index (χ0v) is 11.4. The number of hydrazone groups is 1. The van der Waals surface area contributed by atoms with Crippen LogP contribution in [0.3, 0.4) is 0 Å². The second-order valence-corrected chi connectivity index (χ2v) is 6.69. The van der Waals surface area contributed by atoms with Crippen LogP contribution >= 0.6 is 0 Å². The van der Waals surface area contributed by atoms with Crippen LogP contribution in [0.1, 0.15) is 13.8 Å². The largest absolute Gasteiger partial charge is 0.298 e. The first-order valence-corrected chi connectivity index (χ1v) is 8.25. The van der Waals surface area contributed by atoms with E-state index in [1.807, 2.05) is 35.0 Å². The lowest BCUT2D eigenvalue weighted by molar-refractivity contribution is -0.111. The molecule has 0 spiro atoms. The third-order valence-electron chi connectivity index (χ3n) is 2.28. The number of hydrogen-bond donors (Lipinski definition) is 0. The molecule has 0 saturated heterocycles. The first-order chi connectivity index (χ1) is 7.52. The van der Waals surface area contributed by atoms with E-state index in [2.05, 4.69) is 18.2 Å². The standard InChI is InChI=1S/C12H18N2OSi/c1-10(11(2)15)13-14(16(3)4)12-8-6-5-7-9-12/h5-9,16H,1-4H3. The van der Waals surface area contributed by atoms with Gasteiger partial charge in [0.25, 0.3) is 0 Å². The number of ketones is 1. The SMILES string of the molecule is CC(=O)C(C)=NN(c1ccccc1)[SiH](C)C. The Hall–Kier alpha value is -1.42. The van der Waals surface area contributed by atoms with Gasteiger partial charge in [-0.25, -0.2) is 0 Å². The predicted octanol–water partition coefficient (Wildman–Crippen LogP) is 2.44. The molecule has 0 saturated carbocycles. The van der Waals surface area contributed by atoms with Crippen molar-refractivity contribution in [2.24, 2.45) is 5.10 Å². The number of para-hydroxylation sites is 1. The highest BCUT2D eigenvalue weighted by Crippen LogP contribution is 2.15. The normalized spacial score (nSPS) is 11.7. The molecule has 0 bridgehead atoms. The third-order valence-corrected chi connectivity index (χ3v) is 3.67. The molecule has 0 amide bonds. The minimum Gasteiger partial charge on any atom is -0.298 e. The molecule has 3 nitrogen and oxygen atoms in total. The van der Waals surface area contributed by atoms with Gasteiger partial charge in [0.15, 0.2) is 14.7 Å². The van der Waals surface area contributed by atoms with Gasteiger partial charge in [-0.2, -0.15) is 5.10 Å². The van der Waals surface area contributed by atoms with Gasteiger partial charge >= 0.3 is 0 Å². The summed E-state index contributed by atoms with van der Waals surface area (Å²) in [7, 11) is -1.12. The van der Waals surface area contributed by atoms with Crippen LogP contribution < -0.4 is 4.67 Å². The fourth-order valence-electron chi connectivity index (χ4n) is 1.28. The number of anilines is 1. The van der Waals surface area contributed by atoms with Gasteiger partial charge in [0.1, 0.15) is 0 Å². The summed E-state index contributed by atoms with van der Waals surface area (Å²) in [6.45, 7) is 7.67. The summed E-state index contributed by atoms with van der Waals surface area (Å²) in [6.07, 6.45) is 0. The van der Waals surface area contributed by atoms with Crippen LogP contribution in [0, 0.1) is 0 Å². The fraction of sp³-hybridized carbons (Fsp3) is 0.333. The minimum absolute atomic E-state index is 0.0237. The van der Waals surface area contributed by atoms with Crippen LogP contribution in [-0.2, 0) is 4.79 Å². The van der Waals surface area contributed by atoms with Crippen molar-refractivity contribution in [3.8, 4) is 0 Å². The number of rotatable bonds is 4. The molecule has 0 unspecified atom stereocenters. The lowest BCUT2D eigenvalue weighted by Crippen LogP contribution is -2.31. The minimum atomic E-state index is -1.12. The van der Waals surface area contributed by atoms with Crippen molar-refractivity contribution in [3.63, 3.8) is 0 Å². The molecule has 1 aromatic rings. The lowest BCUT2D eigenvalue weighted by Gasteiger charge is -2.23. The fourth-order valence-corrected chi connectivity index (χ4v) is 2.46. The van der Waals surface area contributed by atoms with E-state index >= 15 is 0 Å². The number of Topliss-reactive ketones (excluding diaryl/α,β-unsaturated/α-hetero) is 1. The summed E-state index contributed by atoms with van der Waals surface area (Å²) in [5.74, 6) is 0.0237. The second-order valence-electron chi connectivity index (χ2n) is 4.02. The van der Waals surface area contributed by atoms with E-state index in [1.165, 1.54) is 0 Å². The quantitative estimate of drug-likeness (QED) is 0.455. The van der Waals surface area contributed by atoms with Crippen LogP contribution in [-0.4, -0.2) is 20.5 Å². The van der Waals surface area contributed by atoms with E-state index in [0.29, 0.717) is 5.71 Å². The molecule has 0 fully saturated rings. The van der Waals surface area contributed by atoms with Crippen LogP contribution in [0.15, 0.2) is 35.4 Å². The van der Waals surface area contributed by atoms with Crippen molar-refractivity contribution < 1.29 is 4.79 Å². The smallest absolute Gasteiger partial charge is 0.175 e. The van der Waals surface area contributed by atoms with E-state index in [1.54, 1.807) is 13.8 Å². The van der Waals surface area contributed by atoms with Crippen LogP contribution in [0.4, 0.5) is 5.69 Å². The molecule has 4 heteroatoms. The molecule has 0 aliphatic rings. The Morgan fingerprint density at radius 3 is 2.19 bits per heavy atom. The molecular weight excluding hydrogens is 216 g/mol. The average Bonchev–Trinajstić information content (AvgIpc) is 2.26. The van der Waals surface area contributed by atoms with Gasteiger partial charge in [-0.3, -0.25) is 9.47 Å². The van der Waals surface area contributed by atoms with Crippen LogP contribution in [0.2, 0.25) is 13.1 Å². The van der Waals surface area contributed by atoms with Gasteiger partial charge in [-0.15, -0.1) is 0 Å². The number of carbonyl (C=O) groups is 1. The summed E-state index contributed by atoms with van der Waals surface area (Å²) in [6, 6.07) is 9.98. The first kappa shape index (κ1) is 12.6. The molecule has 86 valence electrons. The lowest BCUT2D eigenvalue weighted by atomic mass is 10.3. The van der Waals surface area contributed by atoms with Gasteiger partial charge in [-0.05, 0) is 19.1 Å². The van der Waals surface area contributed by atoms with Gasteiger partial charge in [0.05, 0.1) is 5.71 Å². The summed E-state index contributed by atoms with van der Waals surface area (Å²) >= 11 is 0. The number of benzene rings is 1. The summed E-state index contributed by atoms with van der Waals surface area (Å²) in [4.78, 5) is 11.2. The van der Waals surface area contributed by atoms with E-state index < -0.39 is 8.96 Å². The monoisotopic (exact) mass is 234 g/mol. The van der Waals surface area contributed by atoms with E-state index in [4.69, 9.17) is 0 Å². The molecule has 0 atom stereocenters.